The average molecular weight is 481 g/mol. The van der Waals surface area contributed by atoms with Gasteiger partial charge in [-0.15, -0.1) is 0 Å². The second-order valence-corrected chi connectivity index (χ2v) is 7.27. The van der Waals surface area contributed by atoms with Gasteiger partial charge in [0.2, 0.25) is 23.6 Å². The third-order valence-corrected chi connectivity index (χ3v) is 4.48. The molecule has 1 aromatic carbocycles. The Bertz CT molecular complexity index is 909. The van der Waals surface area contributed by atoms with Crippen molar-refractivity contribution < 1.29 is 44.1 Å². The molecule has 14 nitrogen and oxygen atoms in total. The van der Waals surface area contributed by atoms with E-state index < -0.39 is 79.2 Å². The van der Waals surface area contributed by atoms with E-state index in [1.165, 1.54) is 0 Å². The number of primary amides is 1. The number of aliphatic hydroxyl groups excluding tert-OH is 1. The summed E-state index contributed by atoms with van der Waals surface area (Å²) in [6, 6.07) is 2.11. The van der Waals surface area contributed by atoms with E-state index in [-0.39, 0.29) is 6.42 Å². The molecule has 0 saturated carbocycles. The van der Waals surface area contributed by atoms with Gasteiger partial charge in [-0.3, -0.25) is 24.0 Å². The summed E-state index contributed by atoms with van der Waals surface area (Å²) in [4.78, 5) is 71.2. The first kappa shape index (κ1) is 28.0. The molecule has 4 unspecified atom stereocenters. The van der Waals surface area contributed by atoms with Crippen LogP contribution in [-0.2, 0) is 35.2 Å². The zero-order chi connectivity index (χ0) is 25.8. The summed E-state index contributed by atoms with van der Waals surface area (Å²) in [7, 11) is 0. The molecule has 1 aromatic rings. The molecule has 0 aliphatic heterocycles. The first-order valence-electron chi connectivity index (χ1n) is 9.99. The van der Waals surface area contributed by atoms with Crippen molar-refractivity contribution in [3.05, 3.63) is 35.9 Å². The number of hydrogen-bond acceptors (Lipinski definition) is 8. The molecular formula is C20H27N5O9. The molecule has 0 spiro atoms. The highest BCUT2D eigenvalue weighted by atomic mass is 16.4. The van der Waals surface area contributed by atoms with E-state index in [1.54, 1.807) is 30.3 Å². The number of aliphatic hydroxyl groups is 1. The molecule has 0 radical (unpaired) electrons. The van der Waals surface area contributed by atoms with Gasteiger partial charge in [0.1, 0.15) is 24.2 Å². The number of carboxylic acids is 2. The minimum Gasteiger partial charge on any atom is -0.481 e. The van der Waals surface area contributed by atoms with E-state index in [4.69, 9.17) is 21.7 Å². The molecular weight excluding hydrogens is 454 g/mol. The first-order chi connectivity index (χ1) is 15.9. The monoisotopic (exact) mass is 481 g/mol. The molecule has 0 heterocycles. The van der Waals surface area contributed by atoms with E-state index in [9.17, 15) is 33.9 Å². The fraction of sp³-hybridized carbons (Fsp3) is 0.400. The summed E-state index contributed by atoms with van der Waals surface area (Å²) in [5.74, 6) is -7.03. The summed E-state index contributed by atoms with van der Waals surface area (Å²) < 4.78 is 0. The highest BCUT2D eigenvalue weighted by Gasteiger charge is 2.32. The molecule has 0 aromatic heterocycles. The van der Waals surface area contributed by atoms with Crippen molar-refractivity contribution in [3.8, 4) is 0 Å². The largest absolute Gasteiger partial charge is 0.481 e. The molecule has 0 bridgehead atoms. The quantitative estimate of drug-likeness (QED) is 0.130. The van der Waals surface area contributed by atoms with Gasteiger partial charge in [0.05, 0.1) is 19.4 Å². The average Bonchev–Trinajstić information content (AvgIpc) is 2.76. The number of benzene rings is 1. The van der Waals surface area contributed by atoms with Gasteiger partial charge in [0.15, 0.2) is 0 Å². The topological polar surface area (TPSA) is 251 Å². The number of carbonyl (C=O) groups excluding carboxylic acids is 4. The number of rotatable bonds is 14. The fourth-order valence-corrected chi connectivity index (χ4v) is 2.75. The van der Waals surface area contributed by atoms with Gasteiger partial charge in [-0.25, -0.2) is 4.79 Å². The number of amides is 4. The SMILES string of the molecule is NC(=O)CC(NC(=O)C(Cc1ccccc1)NC(=O)C(CC(=O)O)NC(=O)C(N)CO)C(=O)O. The van der Waals surface area contributed by atoms with Crippen molar-refractivity contribution in [1.29, 1.82) is 0 Å². The number of hydrogen-bond donors (Lipinski definition) is 8. The van der Waals surface area contributed by atoms with Crippen LogP contribution in [0.2, 0.25) is 0 Å². The molecule has 186 valence electrons. The highest BCUT2D eigenvalue weighted by Crippen LogP contribution is 2.06. The van der Waals surface area contributed by atoms with Crippen molar-refractivity contribution in [2.24, 2.45) is 11.5 Å². The lowest BCUT2D eigenvalue weighted by Crippen LogP contribution is -2.58. The normalized spacial score (nSPS) is 14.1. The highest BCUT2D eigenvalue weighted by molar-refractivity contribution is 5.96. The van der Waals surface area contributed by atoms with E-state index in [0.717, 1.165) is 0 Å². The summed E-state index contributed by atoms with van der Waals surface area (Å²) >= 11 is 0. The van der Waals surface area contributed by atoms with Crippen LogP contribution < -0.4 is 27.4 Å². The van der Waals surface area contributed by atoms with Crippen LogP contribution in [0.5, 0.6) is 0 Å². The minimum atomic E-state index is -1.67. The third-order valence-electron chi connectivity index (χ3n) is 4.48. The molecule has 4 amide bonds. The van der Waals surface area contributed by atoms with Crippen LogP contribution in [0.4, 0.5) is 0 Å². The van der Waals surface area contributed by atoms with Gasteiger partial charge < -0.3 is 42.7 Å². The molecule has 0 aliphatic rings. The molecule has 0 aliphatic carbocycles. The minimum absolute atomic E-state index is 0.134. The van der Waals surface area contributed by atoms with Crippen LogP contribution in [-0.4, -0.2) is 81.7 Å². The molecule has 1 rings (SSSR count). The van der Waals surface area contributed by atoms with Gasteiger partial charge in [-0.05, 0) is 5.56 Å². The van der Waals surface area contributed by atoms with Gasteiger partial charge in [-0.1, -0.05) is 30.3 Å². The van der Waals surface area contributed by atoms with Gasteiger partial charge in [-0.2, -0.15) is 0 Å². The predicted molar refractivity (Wildman–Crippen MR) is 115 cm³/mol. The van der Waals surface area contributed by atoms with Crippen LogP contribution in [0.1, 0.15) is 18.4 Å². The number of carbonyl (C=O) groups is 6. The maximum absolute atomic E-state index is 12.8. The van der Waals surface area contributed by atoms with Gasteiger partial charge in [0.25, 0.3) is 0 Å². The Morgan fingerprint density at radius 1 is 0.794 bits per heavy atom. The molecule has 10 N–H and O–H groups in total. The Morgan fingerprint density at radius 3 is 1.82 bits per heavy atom. The Morgan fingerprint density at radius 2 is 1.32 bits per heavy atom. The molecule has 34 heavy (non-hydrogen) atoms. The number of aliphatic carboxylic acids is 2. The van der Waals surface area contributed by atoms with E-state index in [2.05, 4.69) is 16.0 Å². The van der Waals surface area contributed by atoms with Gasteiger partial charge in [0, 0.05) is 6.42 Å². The Kier molecular flexibility index (Phi) is 11.1. The second-order valence-electron chi connectivity index (χ2n) is 7.27. The predicted octanol–water partition coefficient (Wildman–Crippen LogP) is -3.56. The third kappa shape index (κ3) is 9.62. The molecule has 4 atom stereocenters. The lowest BCUT2D eigenvalue weighted by Gasteiger charge is -2.24. The van der Waals surface area contributed by atoms with Gasteiger partial charge >= 0.3 is 11.9 Å². The molecule has 14 heteroatoms. The lowest BCUT2D eigenvalue weighted by molar-refractivity contribution is -0.144. The fourth-order valence-electron chi connectivity index (χ4n) is 2.75. The summed E-state index contributed by atoms with van der Waals surface area (Å²) in [5, 5.41) is 33.8. The van der Waals surface area contributed by atoms with Crippen molar-refractivity contribution in [2.75, 3.05) is 6.61 Å². The number of carboxylic acid groups (broad SMARTS) is 2. The van der Waals surface area contributed by atoms with E-state index >= 15 is 0 Å². The second kappa shape index (κ2) is 13.5. The summed E-state index contributed by atoms with van der Waals surface area (Å²) in [6.07, 6.45) is -1.70. The van der Waals surface area contributed by atoms with E-state index in [0.29, 0.717) is 5.56 Å². The van der Waals surface area contributed by atoms with Crippen molar-refractivity contribution in [3.63, 3.8) is 0 Å². The van der Waals surface area contributed by atoms with Crippen LogP contribution in [0.3, 0.4) is 0 Å². The smallest absolute Gasteiger partial charge is 0.326 e. The standard InChI is InChI=1S/C20H27N5O9/c21-11(9-26)17(30)23-13(8-16(28)29)19(32)24-12(6-10-4-2-1-3-5-10)18(31)25-14(20(33)34)7-15(22)27/h1-5,11-14,26H,6-9,21H2,(H2,22,27)(H,23,30)(H,24,32)(H,25,31)(H,28,29)(H,33,34). The lowest BCUT2D eigenvalue weighted by atomic mass is 10.0. The maximum Gasteiger partial charge on any atom is 0.326 e. The number of nitrogens with one attached hydrogen (secondary N) is 3. The zero-order valence-corrected chi connectivity index (χ0v) is 18.0. The van der Waals surface area contributed by atoms with Crippen LogP contribution >= 0.6 is 0 Å². The molecule has 0 saturated heterocycles. The van der Waals surface area contributed by atoms with Crippen molar-refractivity contribution in [1.82, 2.24) is 16.0 Å². The Labute approximate surface area is 193 Å². The van der Waals surface area contributed by atoms with Crippen molar-refractivity contribution >= 4 is 35.6 Å². The zero-order valence-electron chi connectivity index (χ0n) is 18.0. The summed E-state index contributed by atoms with van der Waals surface area (Å²) in [5.41, 5.74) is 10.9. The van der Waals surface area contributed by atoms with Crippen LogP contribution in [0.25, 0.3) is 0 Å². The van der Waals surface area contributed by atoms with Crippen LogP contribution in [0.15, 0.2) is 30.3 Å². The Balaban J connectivity index is 3.13. The van der Waals surface area contributed by atoms with Crippen molar-refractivity contribution in [2.45, 2.75) is 43.4 Å². The summed E-state index contributed by atoms with van der Waals surface area (Å²) in [6.45, 7) is -0.761. The van der Waals surface area contributed by atoms with Crippen LogP contribution in [0, 0.1) is 0 Å². The Hall–Kier alpha value is -4.04. The first-order valence-corrected chi connectivity index (χ1v) is 9.99. The van der Waals surface area contributed by atoms with E-state index in [1.807, 2.05) is 0 Å². The number of nitrogens with two attached hydrogens (primary N) is 2. The maximum atomic E-state index is 12.8. The molecule has 0 fully saturated rings.